The standard InChI is InChI=1S/C23H16Cl2N2OS2/c1-14-19(25)3-2-4-20(14)26-23-27-22(28)21(30-23)13-15-5-9-17(10-6-15)29-18-11-7-16(24)8-12-18/h2-13H,1H3,(H,26,27,28)/b21-13-. The van der Waals surface area contributed by atoms with Crippen molar-refractivity contribution in [2.75, 3.05) is 0 Å². The molecule has 0 unspecified atom stereocenters. The predicted octanol–water partition coefficient (Wildman–Crippen LogP) is 7.34. The van der Waals surface area contributed by atoms with E-state index >= 15 is 0 Å². The molecular weight excluding hydrogens is 455 g/mol. The van der Waals surface area contributed by atoms with E-state index in [-0.39, 0.29) is 5.91 Å². The molecule has 1 N–H and O–H groups in total. The number of carbonyl (C=O) groups is 1. The zero-order valence-corrected chi connectivity index (χ0v) is 19.0. The number of amidine groups is 1. The first-order chi connectivity index (χ1) is 14.5. The number of amides is 1. The lowest BCUT2D eigenvalue weighted by Gasteiger charge is -2.03. The molecule has 3 aromatic rings. The van der Waals surface area contributed by atoms with E-state index in [0.29, 0.717) is 15.1 Å². The number of benzene rings is 3. The monoisotopic (exact) mass is 470 g/mol. The number of nitrogens with zero attached hydrogens (tertiary/aromatic N) is 1. The topological polar surface area (TPSA) is 41.5 Å². The van der Waals surface area contributed by atoms with Crippen molar-refractivity contribution < 1.29 is 4.79 Å². The van der Waals surface area contributed by atoms with Crippen LogP contribution in [0.3, 0.4) is 0 Å². The van der Waals surface area contributed by atoms with Gasteiger partial charge >= 0.3 is 0 Å². The van der Waals surface area contributed by atoms with Crippen molar-refractivity contribution >= 4 is 69.6 Å². The molecule has 1 heterocycles. The van der Waals surface area contributed by atoms with E-state index in [1.165, 1.54) is 11.8 Å². The van der Waals surface area contributed by atoms with Crippen LogP contribution in [0.5, 0.6) is 0 Å². The lowest BCUT2D eigenvalue weighted by molar-refractivity contribution is -0.115. The Morgan fingerprint density at radius 3 is 2.33 bits per heavy atom. The van der Waals surface area contributed by atoms with E-state index in [1.807, 2.05) is 79.7 Å². The molecule has 1 fully saturated rings. The van der Waals surface area contributed by atoms with Crippen molar-refractivity contribution in [2.45, 2.75) is 16.7 Å². The highest BCUT2D eigenvalue weighted by Crippen LogP contribution is 2.32. The van der Waals surface area contributed by atoms with E-state index in [4.69, 9.17) is 23.2 Å². The molecule has 4 rings (SSSR count). The summed E-state index contributed by atoms with van der Waals surface area (Å²) < 4.78 is 0. The van der Waals surface area contributed by atoms with Crippen molar-refractivity contribution in [3.63, 3.8) is 0 Å². The second kappa shape index (κ2) is 9.31. The van der Waals surface area contributed by atoms with Gasteiger partial charge in [0.05, 0.1) is 10.6 Å². The van der Waals surface area contributed by atoms with Crippen molar-refractivity contribution in [3.05, 3.63) is 92.8 Å². The third kappa shape index (κ3) is 5.10. The number of rotatable bonds is 4. The summed E-state index contributed by atoms with van der Waals surface area (Å²) >= 11 is 15.1. The van der Waals surface area contributed by atoms with Gasteiger partial charge in [-0.2, -0.15) is 0 Å². The SMILES string of the molecule is Cc1c(Cl)cccc1N=C1NC(=O)/C(=C/c2ccc(Sc3ccc(Cl)cc3)cc2)S1. The Labute approximate surface area is 193 Å². The Bertz CT molecular complexity index is 1160. The van der Waals surface area contributed by atoms with E-state index in [9.17, 15) is 4.79 Å². The van der Waals surface area contributed by atoms with Crippen LogP contribution in [0.15, 0.2) is 86.4 Å². The maximum Gasteiger partial charge on any atom is 0.264 e. The third-order valence-electron chi connectivity index (χ3n) is 4.34. The zero-order valence-electron chi connectivity index (χ0n) is 15.9. The first kappa shape index (κ1) is 21.1. The van der Waals surface area contributed by atoms with Crippen molar-refractivity contribution in [3.8, 4) is 0 Å². The van der Waals surface area contributed by atoms with Gasteiger partial charge in [0, 0.05) is 19.8 Å². The normalized spacial score (nSPS) is 16.3. The molecule has 7 heteroatoms. The molecule has 0 saturated carbocycles. The summed E-state index contributed by atoms with van der Waals surface area (Å²) in [7, 11) is 0. The molecular formula is C23H16Cl2N2OS2. The smallest absolute Gasteiger partial charge is 0.264 e. The summed E-state index contributed by atoms with van der Waals surface area (Å²) in [6, 6.07) is 21.3. The fraction of sp³-hybridized carbons (Fsp3) is 0.0435. The number of carbonyl (C=O) groups excluding carboxylic acids is 1. The molecule has 30 heavy (non-hydrogen) atoms. The van der Waals surface area contributed by atoms with Crippen LogP contribution >= 0.6 is 46.7 Å². The minimum atomic E-state index is -0.155. The van der Waals surface area contributed by atoms with Gasteiger partial charge in [0.15, 0.2) is 5.17 Å². The molecule has 1 amide bonds. The Morgan fingerprint density at radius 2 is 1.63 bits per heavy atom. The Kier molecular flexibility index (Phi) is 6.54. The molecule has 0 aliphatic carbocycles. The van der Waals surface area contributed by atoms with Crippen LogP contribution in [0.1, 0.15) is 11.1 Å². The van der Waals surface area contributed by atoms with Gasteiger partial charge in [0.2, 0.25) is 0 Å². The summed E-state index contributed by atoms with van der Waals surface area (Å²) in [5.74, 6) is -0.155. The quantitative estimate of drug-likeness (QED) is 0.405. The highest BCUT2D eigenvalue weighted by Gasteiger charge is 2.24. The molecule has 0 radical (unpaired) electrons. The lowest BCUT2D eigenvalue weighted by Crippen LogP contribution is -2.19. The average Bonchev–Trinajstić information content (AvgIpc) is 3.07. The summed E-state index contributed by atoms with van der Waals surface area (Å²) in [5, 5.41) is 4.74. The molecule has 0 bridgehead atoms. The van der Waals surface area contributed by atoms with E-state index in [2.05, 4.69) is 10.3 Å². The fourth-order valence-electron chi connectivity index (χ4n) is 2.73. The molecule has 1 aliphatic rings. The number of hydrogen-bond acceptors (Lipinski definition) is 4. The first-order valence-electron chi connectivity index (χ1n) is 9.06. The second-order valence-corrected chi connectivity index (χ2v) is 9.51. The number of nitrogens with one attached hydrogen (secondary N) is 1. The van der Waals surface area contributed by atoms with Crippen LogP contribution in [-0.2, 0) is 4.79 Å². The van der Waals surface area contributed by atoms with Crippen LogP contribution in [0.2, 0.25) is 10.0 Å². The molecule has 0 atom stereocenters. The van der Waals surface area contributed by atoms with Crippen LogP contribution in [0, 0.1) is 6.92 Å². The lowest BCUT2D eigenvalue weighted by atomic mass is 10.2. The maximum absolute atomic E-state index is 12.3. The highest BCUT2D eigenvalue weighted by atomic mass is 35.5. The molecule has 150 valence electrons. The second-order valence-electron chi connectivity index (χ2n) is 6.49. The highest BCUT2D eigenvalue weighted by molar-refractivity contribution is 8.18. The van der Waals surface area contributed by atoms with Gasteiger partial charge in [-0.05, 0) is 84.4 Å². The summed E-state index contributed by atoms with van der Waals surface area (Å²) in [5.41, 5.74) is 2.58. The number of halogens is 2. The van der Waals surface area contributed by atoms with E-state index in [0.717, 1.165) is 31.6 Å². The third-order valence-corrected chi connectivity index (χ3v) is 6.93. The molecule has 0 aromatic heterocycles. The van der Waals surface area contributed by atoms with Gasteiger partial charge in [-0.15, -0.1) is 0 Å². The minimum Gasteiger partial charge on any atom is -0.300 e. The van der Waals surface area contributed by atoms with Crippen molar-refractivity contribution in [2.24, 2.45) is 4.99 Å². The molecule has 3 aromatic carbocycles. The van der Waals surface area contributed by atoms with Gasteiger partial charge in [-0.25, -0.2) is 4.99 Å². The molecule has 1 saturated heterocycles. The number of thioether (sulfide) groups is 1. The van der Waals surface area contributed by atoms with Crippen LogP contribution < -0.4 is 5.32 Å². The Morgan fingerprint density at radius 1 is 0.967 bits per heavy atom. The largest absolute Gasteiger partial charge is 0.300 e. The van der Waals surface area contributed by atoms with Crippen LogP contribution in [-0.4, -0.2) is 11.1 Å². The Balaban J connectivity index is 1.48. The predicted molar refractivity (Wildman–Crippen MR) is 129 cm³/mol. The summed E-state index contributed by atoms with van der Waals surface area (Å²) in [6.07, 6.45) is 1.87. The summed E-state index contributed by atoms with van der Waals surface area (Å²) in [6.45, 7) is 1.91. The van der Waals surface area contributed by atoms with E-state index in [1.54, 1.807) is 11.8 Å². The summed E-state index contributed by atoms with van der Waals surface area (Å²) in [4.78, 5) is 19.7. The molecule has 0 spiro atoms. The zero-order chi connectivity index (χ0) is 21.1. The number of aliphatic imine (C=N–C) groups is 1. The van der Waals surface area contributed by atoms with Crippen LogP contribution in [0.4, 0.5) is 5.69 Å². The average molecular weight is 471 g/mol. The maximum atomic E-state index is 12.3. The first-order valence-corrected chi connectivity index (χ1v) is 11.4. The molecule has 3 nitrogen and oxygen atoms in total. The Hall–Kier alpha value is -2.18. The van der Waals surface area contributed by atoms with Gasteiger partial charge in [-0.1, -0.05) is 53.2 Å². The fourth-order valence-corrected chi connectivity index (χ4v) is 4.68. The van der Waals surface area contributed by atoms with Gasteiger partial charge < -0.3 is 5.32 Å². The molecule has 1 aliphatic heterocycles. The number of hydrogen-bond donors (Lipinski definition) is 1. The van der Waals surface area contributed by atoms with Crippen molar-refractivity contribution in [1.29, 1.82) is 0 Å². The van der Waals surface area contributed by atoms with Crippen molar-refractivity contribution in [1.82, 2.24) is 5.32 Å². The van der Waals surface area contributed by atoms with E-state index < -0.39 is 0 Å². The van der Waals surface area contributed by atoms with Gasteiger partial charge in [0.25, 0.3) is 5.91 Å². The minimum absolute atomic E-state index is 0.155. The van der Waals surface area contributed by atoms with Crippen LogP contribution in [0.25, 0.3) is 6.08 Å². The van der Waals surface area contributed by atoms with Gasteiger partial charge in [0.1, 0.15) is 0 Å². The van der Waals surface area contributed by atoms with Gasteiger partial charge in [-0.3, -0.25) is 4.79 Å².